The van der Waals surface area contributed by atoms with Crippen LogP contribution in [0, 0.1) is 5.82 Å². The minimum absolute atomic E-state index is 0.223. The number of carbonyl (C=O) groups is 1. The maximum Gasteiger partial charge on any atom is 0.255 e. The monoisotopic (exact) mass is 385 g/mol. The second-order valence-electron chi connectivity index (χ2n) is 3.91. The molecule has 0 saturated heterocycles. The standard InChI is InChI=1S/C14H10Br2FNO/c15-8-9-1-3-10(4-2-9)14(19)18-11-5-6-13(17)12(16)7-11/h1-7H,8H2,(H,18,19). The number of amides is 1. The highest BCUT2D eigenvalue weighted by Crippen LogP contribution is 2.20. The summed E-state index contributed by atoms with van der Waals surface area (Å²) in [6, 6.07) is 11.6. The number of hydrogen-bond donors (Lipinski definition) is 1. The van der Waals surface area contributed by atoms with Crippen LogP contribution in [0.3, 0.4) is 0 Å². The van der Waals surface area contributed by atoms with Gasteiger partial charge >= 0.3 is 0 Å². The first-order valence-corrected chi connectivity index (χ1v) is 7.43. The molecule has 0 bridgehead atoms. The van der Waals surface area contributed by atoms with Crippen LogP contribution < -0.4 is 5.32 Å². The highest BCUT2D eigenvalue weighted by atomic mass is 79.9. The molecule has 1 N–H and O–H groups in total. The Morgan fingerprint density at radius 2 is 1.84 bits per heavy atom. The fourth-order valence-electron chi connectivity index (χ4n) is 1.52. The Balaban J connectivity index is 2.13. The van der Waals surface area contributed by atoms with Crippen LogP contribution >= 0.6 is 31.9 Å². The van der Waals surface area contributed by atoms with Crippen LogP contribution in [0.15, 0.2) is 46.9 Å². The van der Waals surface area contributed by atoms with Crippen molar-refractivity contribution in [2.24, 2.45) is 0 Å². The molecular weight excluding hydrogens is 377 g/mol. The van der Waals surface area contributed by atoms with E-state index >= 15 is 0 Å². The molecule has 1 amide bonds. The van der Waals surface area contributed by atoms with Gasteiger partial charge in [-0.25, -0.2) is 4.39 Å². The minimum Gasteiger partial charge on any atom is -0.322 e. The van der Waals surface area contributed by atoms with Crippen molar-refractivity contribution >= 4 is 43.5 Å². The zero-order valence-electron chi connectivity index (χ0n) is 9.79. The Bertz CT molecular complexity index is 599. The Hall–Kier alpha value is -1.20. The second-order valence-corrected chi connectivity index (χ2v) is 5.33. The van der Waals surface area contributed by atoms with Gasteiger partial charge in [0.25, 0.3) is 5.91 Å². The van der Waals surface area contributed by atoms with Crippen LogP contribution in [0.2, 0.25) is 0 Å². The van der Waals surface area contributed by atoms with E-state index in [0.29, 0.717) is 15.7 Å². The Labute approximate surface area is 127 Å². The highest BCUT2D eigenvalue weighted by Gasteiger charge is 2.07. The minimum atomic E-state index is -0.361. The van der Waals surface area contributed by atoms with E-state index in [2.05, 4.69) is 37.2 Å². The molecule has 0 radical (unpaired) electrons. The molecular formula is C14H10Br2FNO. The van der Waals surface area contributed by atoms with Crippen LogP contribution in [-0.2, 0) is 5.33 Å². The van der Waals surface area contributed by atoms with Gasteiger partial charge in [0, 0.05) is 16.6 Å². The molecule has 2 nitrogen and oxygen atoms in total. The van der Waals surface area contributed by atoms with Crippen LogP contribution in [0.1, 0.15) is 15.9 Å². The molecule has 0 aliphatic heterocycles. The van der Waals surface area contributed by atoms with Crippen molar-refractivity contribution < 1.29 is 9.18 Å². The quantitative estimate of drug-likeness (QED) is 0.758. The Kier molecular flexibility index (Phi) is 4.71. The maximum atomic E-state index is 13.1. The first kappa shape index (κ1) is 14.2. The SMILES string of the molecule is O=C(Nc1ccc(F)c(Br)c1)c1ccc(CBr)cc1. The number of alkyl halides is 1. The Morgan fingerprint density at radius 3 is 2.42 bits per heavy atom. The summed E-state index contributed by atoms with van der Waals surface area (Å²) in [5, 5.41) is 3.47. The zero-order valence-corrected chi connectivity index (χ0v) is 13.0. The van der Waals surface area contributed by atoms with Crippen LogP contribution in [0.5, 0.6) is 0 Å². The van der Waals surface area contributed by atoms with Crippen LogP contribution in [0.25, 0.3) is 0 Å². The molecule has 2 aromatic carbocycles. The van der Waals surface area contributed by atoms with Crippen molar-refractivity contribution in [3.05, 3.63) is 63.9 Å². The summed E-state index contributed by atoms with van der Waals surface area (Å²) in [7, 11) is 0. The van der Waals surface area contributed by atoms with Crippen LogP contribution in [0.4, 0.5) is 10.1 Å². The molecule has 0 aliphatic rings. The van der Waals surface area contributed by atoms with Gasteiger partial charge in [0.1, 0.15) is 5.82 Å². The van der Waals surface area contributed by atoms with E-state index in [9.17, 15) is 9.18 Å². The van der Waals surface area contributed by atoms with Gasteiger partial charge in [0.05, 0.1) is 4.47 Å². The fourth-order valence-corrected chi connectivity index (χ4v) is 2.27. The summed E-state index contributed by atoms with van der Waals surface area (Å²) < 4.78 is 13.4. The fraction of sp³-hybridized carbons (Fsp3) is 0.0714. The average molecular weight is 387 g/mol. The second kappa shape index (κ2) is 6.30. The molecule has 2 aromatic rings. The van der Waals surface area contributed by atoms with Crippen molar-refractivity contribution in [2.45, 2.75) is 5.33 Å². The van der Waals surface area contributed by atoms with E-state index in [-0.39, 0.29) is 11.7 Å². The summed E-state index contributed by atoms with van der Waals surface area (Å²) in [5.74, 6) is -0.584. The summed E-state index contributed by atoms with van der Waals surface area (Å²) in [6.07, 6.45) is 0. The largest absolute Gasteiger partial charge is 0.322 e. The lowest BCUT2D eigenvalue weighted by Crippen LogP contribution is -2.11. The smallest absolute Gasteiger partial charge is 0.255 e. The number of nitrogens with one attached hydrogen (secondary N) is 1. The van der Waals surface area contributed by atoms with Crippen molar-refractivity contribution in [3.8, 4) is 0 Å². The number of benzene rings is 2. The van der Waals surface area contributed by atoms with Crippen LogP contribution in [-0.4, -0.2) is 5.91 Å². The topological polar surface area (TPSA) is 29.1 Å². The first-order chi connectivity index (χ1) is 9.10. The lowest BCUT2D eigenvalue weighted by molar-refractivity contribution is 0.102. The molecule has 0 aromatic heterocycles. The maximum absolute atomic E-state index is 13.1. The average Bonchev–Trinajstić information content (AvgIpc) is 2.43. The van der Waals surface area contributed by atoms with E-state index in [0.717, 1.165) is 10.9 Å². The highest BCUT2D eigenvalue weighted by molar-refractivity contribution is 9.10. The van der Waals surface area contributed by atoms with Gasteiger partial charge in [-0.05, 0) is 51.8 Å². The van der Waals surface area contributed by atoms with E-state index in [4.69, 9.17) is 0 Å². The van der Waals surface area contributed by atoms with Crippen molar-refractivity contribution in [3.63, 3.8) is 0 Å². The third-order valence-electron chi connectivity index (χ3n) is 2.55. The van der Waals surface area contributed by atoms with Gasteiger partial charge in [-0.2, -0.15) is 0 Å². The number of carbonyl (C=O) groups excluding carboxylic acids is 1. The van der Waals surface area contributed by atoms with Gasteiger partial charge in [-0.3, -0.25) is 4.79 Å². The zero-order chi connectivity index (χ0) is 13.8. The van der Waals surface area contributed by atoms with Gasteiger partial charge in [0.15, 0.2) is 0 Å². The van der Waals surface area contributed by atoms with E-state index < -0.39 is 0 Å². The molecule has 0 spiro atoms. The summed E-state index contributed by atoms with van der Waals surface area (Å²) >= 11 is 6.43. The molecule has 19 heavy (non-hydrogen) atoms. The number of rotatable bonds is 3. The van der Waals surface area contributed by atoms with Gasteiger partial charge in [0.2, 0.25) is 0 Å². The number of anilines is 1. The molecule has 0 aliphatic carbocycles. The number of hydrogen-bond acceptors (Lipinski definition) is 1. The molecule has 5 heteroatoms. The molecule has 0 heterocycles. The molecule has 0 saturated carbocycles. The summed E-state index contributed by atoms with van der Waals surface area (Å²) in [4.78, 5) is 12.0. The van der Waals surface area contributed by atoms with E-state index in [1.807, 2.05) is 12.1 Å². The third-order valence-corrected chi connectivity index (χ3v) is 3.80. The predicted molar refractivity (Wildman–Crippen MR) is 81.1 cm³/mol. The van der Waals surface area contributed by atoms with E-state index in [1.165, 1.54) is 18.2 Å². The third kappa shape index (κ3) is 3.64. The summed E-state index contributed by atoms with van der Waals surface area (Å²) in [5.41, 5.74) is 2.20. The summed E-state index contributed by atoms with van der Waals surface area (Å²) in [6.45, 7) is 0. The molecule has 0 fully saturated rings. The molecule has 0 atom stereocenters. The number of halogens is 3. The molecule has 0 unspecified atom stereocenters. The van der Waals surface area contributed by atoms with Gasteiger partial charge in [-0.15, -0.1) is 0 Å². The lowest BCUT2D eigenvalue weighted by Gasteiger charge is -2.06. The molecule has 2 rings (SSSR count). The van der Waals surface area contributed by atoms with Crippen molar-refractivity contribution in [1.82, 2.24) is 0 Å². The van der Waals surface area contributed by atoms with Gasteiger partial charge < -0.3 is 5.32 Å². The van der Waals surface area contributed by atoms with E-state index in [1.54, 1.807) is 12.1 Å². The van der Waals surface area contributed by atoms with Crippen molar-refractivity contribution in [2.75, 3.05) is 5.32 Å². The van der Waals surface area contributed by atoms with Gasteiger partial charge in [-0.1, -0.05) is 28.1 Å². The first-order valence-electron chi connectivity index (χ1n) is 5.51. The van der Waals surface area contributed by atoms with Crippen molar-refractivity contribution in [1.29, 1.82) is 0 Å². The normalized spacial score (nSPS) is 10.3. The molecule has 98 valence electrons. The Morgan fingerprint density at radius 1 is 1.16 bits per heavy atom. The lowest BCUT2D eigenvalue weighted by atomic mass is 10.1. The predicted octanol–water partition coefficient (Wildman–Crippen LogP) is 4.74.